The first-order valence-corrected chi connectivity index (χ1v) is 10.6. The zero-order chi connectivity index (χ0) is 21.2. The fourth-order valence-electron chi connectivity index (χ4n) is 4.37. The molecular weight excluding hydrogens is 388 g/mol. The Hall–Kier alpha value is -3.61. The number of anilines is 2. The monoisotopic (exact) mass is 414 g/mol. The van der Waals surface area contributed by atoms with Gasteiger partial charge in [0.2, 0.25) is 0 Å². The van der Waals surface area contributed by atoms with Gasteiger partial charge in [0.1, 0.15) is 17.9 Å². The predicted octanol–water partition coefficient (Wildman–Crippen LogP) is 3.85. The van der Waals surface area contributed by atoms with Gasteiger partial charge < -0.3 is 14.5 Å². The molecule has 0 aliphatic carbocycles. The van der Waals surface area contributed by atoms with Gasteiger partial charge in [0.15, 0.2) is 17.0 Å². The van der Waals surface area contributed by atoms with Gasteiger partial charge in [0.25, 0.3) is 0 Å². The zero-order valence-corrected chi connectivity index (χ0v) is 17.9. The molecule has 31 heavy (non-hydrogen) atoms. The van der Waals surface area contributed by atoms with Gasteiger partial charge in [-0.2, -0.15) is 0 Å². The van der Waals surface area contributed by atoms with E-state index in [1.54, 1.807) is 13.4 Å². The Morgan fingerprint density at radius 3 is 2.42 bits per heavy atom. The number of nitrogens with zero attached hydrogens (tertiary/aromatic N) is 6. The summed E-state index contributed by atoms with van der Waals surface area (Å²) in [4.78, 5) is 18.8. The number of imidazole rings is 1. The van der Waals surface area contributed by atoms with E-state index in [4.69, 9.17) is 9.72 Å². The van der Waals surface area contributed by atoms with Gasteiger partial charge in [0.05, 0.1) is 12.8 Å². The summed E-state index contributed by atoms with van der Waals surface area (Å²) in [6.07, 6.45) is 2.68. The number of para-hydroxylation sites is 3. The first kappa shape index (κ1) is 19.4. The standard InChI is InChI=1S/C24H26N6O/c1-18-27-22-23(25-17-26-24(22)30(18)19-9-4-3-5-10-19)29-14-8-13-28(15-16-29)20-11-6-7-12-21(20)31-2/h3-7,9-12,17H,8,13-16H2,1-2H3. The maximum atomic E-state index is 5.58. The van der Waals surface area contributed by atoms with Crippen LogP contribution in [0.5, 0.6) is 5.75 Å². The van der Waals surface area contributed by atoms with Crippen LogP contribution in [0.4, 0.5) is 11.5 Å². The van der Waals surface area contributed by atoms with Crippen molar-refractivity contribution in [3.8, 4) is 11.4 Å². The summed E-state index contributed by atoms with van der Waals surface area (Å²) >= 11 is 0. The van der Waals surface area contributed by atoms with Gasteiger partial charge >= 0.3 is 0 Å². The van der Waals surface area contributed by atoms with Crippen molar-refractivity contribution in [1.82, 2.24) is 19.5 Å². The van der Waals surface area contributed by atoms with Crippen molar-refractivity contribution in [1.29, 1.82) is 0 Å². The first-order valence-electron chi connectivity index (χ1n) is 10.6. The van der Waals surface area contributed by atoms with Gasteiger partial charge in [-0.15, -0.1) is 0 Å². The van der Waals surface area contributed by atoms with Crippen LogP contribution in [0.2, 0.25) is 0 Å². The van der Waals surface area contributed by atoms with Crippen molar-refractivity contribution in [2.75, 3.05) is 43.1 Å². The third-order valence-electron chi connectivity index (χ3n) is 5.83. The van der Waals surface area contributed by atoms with Gasteiger partial charge in [-0.3, -0.25) is 4.57 Å². The van der Waals surface area contributed by atoms with Crippen molar-refractivity contribution in [3.05, 3.63) is 66.7 Å². The van der Waals surface area contributed by atoms with E-state index in [1.807, 2.05) is 37.3 Å². The lowest BCUT2D eigenvalue weighted by molar-refractivity contribution is 0.414. The molecule has 3 heterocycles. The molecule has 0 atom stereocenters. The number of rotatable bonds is 4. The number of fused-ring (bicyclic) bond motifs is 1. The highest BCUT2D eigenvalue weighted by Gasteiger charge is 2.22. The topological polar surface area (TPSA) is 59.3 Å². The lowest BCUT2D eigenvalue weighted by Crippen LogP contribution is -2.31. The van der Waals surface area contributed by atoms with E-state index in [0.717, 1.165) is 72.5 Å². The highest BCUT2D eigenvalue weighted by Crippen LogP contribution is 2.30. The molecular formula is C24H26N6O. The van der Waals surface area contributed by atoms with Gasteiger partial charge in [-0.05, 0) is 37.6 Å². The molecule has 0 unspecified atom stereocenters. The van der Waals surface area contributed by atoms with Crippen LogP contribution in [0.25, 0.3) is 16.9 Å². The SMILES string of the molecule is COc1ccccc1N1CCCN(c2ncnc3c2nc(C)n3-c2ccccc2)CC1. The number of ether oxygens (including phenoxy) is 1. The van der Waals surface area contributed by atoms with Crippen molar-refractivity contribution < 1.29 is 4.74 Å². The second-order valence-electron chi connectivity index (χ2n) is 7.70. The number of aromatic nitrogens is 4. The quantitative estimate of drug-likeness (QED) is 0.506. The Kier molecular flexibility index (Phi) is 5.16. The minimum Gasteiger partial charge on any atom is -0.495 e. The Balaban J connectivity index is 1.46. The summed E-state index contributed by atoms with van der Waals surface area (Å²) in [5, 5.41) is 0. The number of hydrogen-bond donors (Lipinski definition) is 0. The largest absolute Gasteiger partial charge is 0.495 e. The van der Waals surface area contributed by atoms with Crippen LogP contribution >= 0.6 is 0 Å². The van der Waals surface area contributed by atoms with Crippen LogP contribution < -0.4 is 14.5 Å². The minimum absolute atomic E-state index is 0.847. The molecule has 7 nitrogen and oxygen atoms in total. The maximum absolute atomic E-state index is 5.58. The molecule has 1 aliphatic rings. The minimum atomic E-state index is 0.847. The average Bonchev–Trinajstić information content (AvgIpc) is 2.98. The summed E-state index contributed by atoms with van der Waals surface area (Å²) < 4.78 is 7.67. The molecule has 158 valence electrons. The summed E-state index contributed by atoms with van der Waals surface area (Å²) in [6, 6.07) is 18.5. The van der Waals surface area contributed by atoms with Gasteiger partial charge in [0, 0.05) is 31.9 Å². The van der Waals surface area contributed by atoms with Gasteiger partial charge in [-0.1, -0.05) is 30.3 Å². The summed E-state index contributed by atoms with van der Waals surface area (Å²) in [5.74, 6) is 2.73. The van der Waals surface area contributed by atoms with E-state index >= 15 is 0 Å². The van der Waals surface area contributed by atoms with E-state index in [1.165, 1.54) is 0 Å². The van der Waals surface area contributed by atoms with Crippen LogP contribution in [0.15, 0.2) is 60.9 Å². The second kappa shape index (κ2) is 8.26. The van der Waals surface area contributed by atoms with E-state index in [9.17, 15) is 0 Å². The molecule has 0 saturated carbocycles. The molecule has 1 aliphatic heterocycles. The summed E-state index contributed by atoms with van der Waals surface area (Å²) in [6.45, 7) is 5.67. The molecule has 0 radical (unpaired) electrons. The Morgan fingerprint density at radius 1 is 0.839 bits per heavy atom. The second-order valence-corrected chi connectivity index (χ2v) is 7.70. The molecule has 4 aromatic rings. The maximum Gasteiger partial charge on any atom is 0.170 e. The molecule has 2 aromatic carbocycles. The lowest BCUT2D eigenvalue weighted by atomic mass is 10.2. The van der Waals surface area contributed by atoms with E-state index in [2.05, 4.69) is 48.6 Å². The Morgan fingerprint density at radius 2 is 1.58 bits per heavy atom. The molecule has 1 fully saturated rings. The molecule has 2 aromatic heterocycles. The van der Waals surface area contributed by atoms with E-state index in [-0.39, 0.29) is 0 Å². The predicted molar refractivity (Wildman–Crippen MR) is 123 cm³/mol. The smallest absolute Gasteiger partial charge is 0.170 e. The average molecular weight is 415 g/mol. The number of benzene rings is 2. The third kappa shape index (κ3) is 3.56. The van der Waals surface area contributed by atoms with Crippen molar-refractivity contribution in [3.63, 3.8) is 0 Å². The molecule has 0 amide bonds. The molecule has 1 saturated heterocycles. The first-order chi connectivity index (χ1) is 15.3. The van der Waals surface area contributed by atoms with Gasteiger partial charge in [-0.25, -0.2) is 15.0 Å². The lowest BCUT2D eigenvalue weighted by Gasteiger charge is -2.25. The summed E-state index contributed by atoms with van der Waals surface area (Å²) in [5.41, 5.74) is 3.91. The van der Waals surface area contributed by atoms with Crippen molar-refractivity contribution in [2.24, 2.45) is 0 Å². The van der Waals surface area contributed by atoms with Crippen LogP contribution in [0.3, 0.4) is 0 Å². The fourth-order valence-corrected chi connectivity index (χ4v) is 4.37. The third-order valence-corrected chi connectivity index (χ3v) is 5.83. The molecule has 7 heteroatoms. The highest BCUT2D eigenvalue weighted by molar-refractivity contribution is 5.85. The Labute approximate surface area is 181 Å². The van der Waals surface area contributed by atoms with E-state index in [0.29, 0.717) is 0 Å². The molecule has 5 rings (SSSR count). The van der Waals surface area contributed by atoms with Crippen molar-refractivity contribution in [2.45, 2.75) is 13.3 Å². The van der Waals surface area contributed by atoms with Crippen LogP contribution in [-0.2, 0) is 0 Å². The number of methoxy groups -OCH3 is 1. The number of aryl methyl sites for hydroxylation is 1. The van der Waals surface area contributed by atoms with E-state index < -0.39 is 0 Å². The van der Waals surface area contributed by atoms with Crippen molar-refractivity contribution >= 4 is 22.7 Å². The Bertz CT molecular complexity index is 1190. The highest BCUT2D eigenvalue weighted by atomic mass is 16.5. The zero-order valence-electron chi connectivity index (χ0n) is 17.9. The normalized spacial score (nSPS) is 14.6. The number of hydrogen-bond acceptors (Lipinski definition) is 6. The summed E-state index contributed by atoms with van der Waals surface area (Å²) in [7, 11) is 1.73. The van der Waals surface area contributed by atoms with Crippen LogP contribution in [0.1, 0.15) is 12.2 Å². The molecule has 0 spiro atoms. The molecule has 0 N–H and O–H groups in total. The fraction of sp³-hybridized carbons (Fsp3) is 0.292. The van der Waals surface area contributed by atoms with Crippen LogP contribution in [0, 0.1) is 6.92 Å². The molecule has 0 bridgehead atoms. The van der Waals surface area contributed by atoms with Crippen LogP contribution in [-0.4, -0.2) is 52.8 Å².